The van der Waals surface area contributed by atoms with E-state index in [1.54, 1.807) is 30.3 Å². The Balaban J connectivity index is 1.96. The van der Waals surface area contributed by atoms with Crippen molar-refractivity contribution < 1.29 is 32.6 Å². The second-order valence-corrected chi connectivity index (χ2v) is 14.2. The highest BCUT2D eigenvalue weighted by Crippen LogP contribution is 2.27. The third kappa shape index (κ3) is 10.1. The van der Waals surface area contributed by atoms with Crippen LogP contribution < -0.4 is 11.1 Å². The molecule has 0 saturated carbocycles. The molecule has 3 amide bonds. The topological polar surface area (TPSA) is 159 Å². The number of aryl methyl sites for hydroxylation is 1. The van der Waals surface area contributed by atoms with E-state index in [0.29, 0.717) is 29.8 Å². The Hall–Kier alpha value is -3.32. The van der Waals surface area contributed by atoms with E-state index in [-0.39, 0.29) is 18.6 Å². The minimum absolute atomic E-state index is 0.0691. The van der Waals surface area contributed by atoms with Crippen LogP contribution in [-0.4, -0.2) is 89.7 Å². The average Bonchev–Trinajstić information content (AvgIpc) is 3.46. The number of hydrogen-bond acceptors (Lipinski definition) is 9. The van der Waals surface area contributed by atoms with Crippen LogP contribution in [0, 0.1) is 0 Å². The normalized spacial score (nSPS) is 18.0. The average molecular weight is 617 g/mol. The maximum absolute atomic E-state index is 13.7. The highest BCUT2D eigenvalue weighted by molar-refractivity contribution is 7.90. The van der Waals surface area contributed by atoms with Gasteiger partial charge in [-0.15, -0.1) is 0 Å². The van der Waals surface area contributed by atoms with Crippen LogP contribution in [0.15, 0.2) is 60.7 Å². The summed E-state index contributed by atoms with van der Waals surface area (Å²) in [6.45, 7) is 6.46. The second kappa shape index (κ2) is 14.9. The van der Waals surface area contributed by atoms with Crippen molar-refractivity contribution in [2.75, 3.05) is 18.6 Å². The van der Waals surface area contributed by atoms with E-state index in [1.165, 1.54) is 0 Å². The van der Waals surface area contributed by atoms with Crippen molar-refractivity contribution >= 4 is 27.7 Å². The molecular weight excluding hydrogens is 572 g/mol. The number of carbonyl (C=O) groups excluding carboxylic acids is 3. The number of amides is 3. The van der Waals surface area contributed by atoms with Crippen LogP contribution in [0.4, 0.5) is 4.79 Å². The lowest BCUT2D eigenvalue weighted by Gasteiger charge is -2.39. The van der Waals surface area contributed by atoms with Gasteiger partial charge < -0.3 is 20.9 Å². The molecule has 43 heavy (non-hydrogen) atoms. The largest absolute Gasteiger partial charge is 0.444 e. The van der Waals surface area contributed by atoms with E-state index >= 15 is 0 Å². The molecule has 0 aliphatic carbocycles. The third-order valence-corrected chi connectivity index (χ3v) is 8.32. The highest BCUT2D eigenvalue weighted by atomic mass is 32.2. The summed E-state index contributed by atoms with van der Waals surface area (Å²) in [4.78, 5) is 43.6. The van der Waals surface area contributed by atoms with Gasteiger partial charge in [-0.2, -0.15) is 0 Å². The molecule has 4 N–H and O–H groups in total. The lowest BCUT2D eigenvalue weighted by Crippen LogP contribution is -2.64. The first-order valence-electron chi connectivity index (χ1n) is 14.4. The fourth-order valence-corrected chi connectivity index (χ4v) is 6.03. The van der Waals surface area contributed by atoms with Gasteiger partial charge in [-0.1, -0.05) is 60.7 Å². The van der Waals surface area contributed by atoms with Crippen LogP contribution in [0.5, 0.6) is 0 Å². The summed E-state index contributed by atoms with van der Waals surface area (Å²) >= 11 is 0. The Morgan fingerprint density at radius 3 is 2.21 bits per heavy atom. The summed E-state index contributed by atoms with van der Waals surface area (Å²) < 4.78 is 29.5. The van der Waals surface area contributed by atoms with Crippen molar-refractivity contribution in [2.24, 2.45) is 5.73 Å². The molecule has 3 rings (SSSR count). The van der Waals surface area contributed by atoms with Crippen molar-refractivity contribution in [1.29, 1.82) is 0 Å². The molecule has 0 bridgehead atoms. The van der Waals surface area contributed by atoms with Crippen molar-refractivity contribution in [3.63, 3.8) is 0 Å². The number of rotatable bonds is 12. The van der Waals surface area contributed by atoms with Crippen LogP contribution in [0.3, 0.4) is 0 Å². The molecule has 0 spiro atoms. The summed E-state index contributed by atoms with van der Waals surface area (Å²) in [5, 5.41) is 14.2. The number of ether oxygens (including phenoxy) is 1. The van der Waals surface area contributed by atoms with Gasteiger partial charge in [0.25, 0.3) is 5.91 Å². The standard InChI is InChI=1S/C31H44N4O7S/c1-31(2,3)34-19-11-16-25(34)28(37)33-27(26(36)18-17-22-12-7-5-8-13-22)35(29(38)24(32)21-43(4,40)41)30(39)42-20-23-14-9-6-10-15-23/h5-10,12-15,24-27,36H,11,16-21,32H2,1-4H3,(H,33,37)/t24-,25+,26?,27?/m0/s1. The zero-order chi connectivity index (χ0) is 31.8. The summed E-state index contributed by atoms with van der Waals surface area (Å²) in [6.07, 6.45) is -1.46. The molecule has 11 nitrogen and oxygen atoms in total. The molecule has 12 heteroatoms. The summed E-state index contributed by atoms with van der Waals surface area (Å²) in [7, 11) is -3.72. The monoisotopic (exact) mass is 616 g/mol. The number of hydrogen-bond donors (Lipinski definition) is 3. The molecule has 0 aromatic heterocycles. The van der Waals surface area contributed by atoms with Crippen molar-refractivity contribution in [3.05, 3.63) is 71.8 Å². The number of likely N-dealkylation sites (tertiary alicyclic amines) is 1. The van der Waals surface area contributed by atoms with Crippen molar-refractivity contribution in [3.8, 4) is 0 Å². The number of nitrogens with one attached hydrogen (secondary N) is 1. The summed E-state index contributed by atoms with van der Waals surface area (Å²) in [5.74, 6) is -2.30. The van der Waals surface area contributed by atoms with E-state index in [4.69, 9.17) is 10.5 Å². The van der Waals surface area contributed by atoms with Gasteiger partial charge in [-0.3, -0.25) is 14.5 Å². The number of nitrogens with two attached hydrogens (primary N) is 1. The fourth-order valence-electron chi connectivity index (χ4n) is 5.24. The van der Waals surface area contributed by atoms with Gasteiger partial charge in [-0.25, -0.2) is 18.1 Å². The Labute approximate surface area is 254 Å². The van der Waals surface area contributed by atoms with Gasteiger partial charge in [0.2, 0.25) is 5.91 Å². The predicted octanol–water partition coefficient (Wildman–Crippen LogP) is 2.22. The van der Waals surface area contributed by atoms with E-state index in [2.05, 4.69) is 5.32 Å². The molecule has 236 valence electrons. The minimum atomic E-state index is -3.72. The number of aliphatic hydroxyl groups excluding tert-OH is 1. The molecular formula is C31H44N4O7S. The van der Waals surface area contributed by atoms with Gasteiger partial charge in [0.05, 0.1) is 23.9 Å². The first-order valence-corrected chi connectivity index (χ1v) is 16.5. The maximum Gasteiger partial charge on any atom is 0.418 e. The van der Waals surface area contributed by atoms with Gasteiger partial charge in [0.15, 0.2) is 0 Å². The van der Waals surface area contributed by atoms with Gasteiger partial charge in [0.1, 0.15) is 22.6 Å². The van der Waals surface area contributed by atoms with Crippen LogP contribution in [0.1, 0.15) is 51.2 Å². The van der Waals surface area contributed by atoms with Crippen LogP contribution >= 0.6 is 0 Å². The second-order valence-electron chi connectivity index (χ2n) is 12.0. The van der Waals surface area contributed by atoms with Crippen molar-refractivity contribution in [1.82, 2.24) is 15.1 Å². The Morgan fingerprint density at radius 2 is 1.65 bits per heavy atom. The third-order valence-electron chi connectivity index (χ3n) is 7.36. The first kappa shape index (κ1) is 34.2. The molecule has 2 aromatic rings. The number of benzene rings is 2. The number of carbonyl (C=O) groups is 3. The van der Waals surface area contributed by atoms with E-state index < -0.39 is 57.9 Å². The summed E-state index contributed by atoms with van der Waals surface area (Å²) in [6, 6.07) is 15.9. The predicted molar refractivity (Wildman–Crippen MR) is 163 cm³/mol. The number of nitrogens with zero attached hydrogens (tertiary/aromatic N) is 2. The summed E-state index contributed by atoms with van der Waals surface area (Å²) in [5.41, 5.74) is 7.21. The van der Waals surface area contributed by atoms with E-state index in [1.807, 2.05) is 56.0 Å². The Morgan fingerprint density at radius 1 is 1.07 bits per heavy atom. The zero-order valence-electron chi connectivity index (χ0n) is 25.3. The molecule has 4 atom stereocenters. The number of imide groups is 1. The first-order chi connectivity index (χ1) is 20.2. The van der Waals surface area contributed by atoms with Crippen LogP contribution in [0.2, 0.25) is 0 Å². The van der Waals surface area contributed by atoms with Crippen LogP contribution in [-0.2, 0) is 37.2 Å². The van der Waals surface area contributed by atoms with Crippen molar-refractivity contribution in [2.45, 2.75) is 83.0 Å². The van der Waals surface area contributed by atoms with E-state index in [9.17, 15) is 27.9 Å². The molecule has 1 aliphatic rings. The number of aliphatic hydroxyl groups is 1. The van der Waals surface area contributed by atoms with Gasteiger partial charge in [0, 0.05) is 11.8 Å². The minimum Gasteiger partial charge on any atom is -0.444 e. The SMILES string of the molecule is CC(C)(C)N1CCC[C@@H]1C(=O)NC(C(O)CCc1ccccc1)N(C(=O)OCc1ccccc1)C(=O)[C@@H](N)CS(C)(=O)=O. The lowest BCUT2D eigenvalue weighted by molar-refractivity contribution is -0.139. The number of sulfone groups is 1. The van der Waals surface area contributed by atoms with Gasteiger partial charge >= 0.3 is 6.09 Å². The molecule has 1 fully saturated rings. The van der Waals surface area contributed by atoms with Crippen LogP contribution in [0.25, 0.3) is 0 Å². The molecule has 0 radical (unpaired) electrons. The zero-order valence-corrected chi connectivity index (χ0v) is 26.1. The smallest absolute Gasteiger partial charge is 0.418 e. The molecule has 1 heterocycles. The Bertz CT molecular complexity index is 1330. The molecule has 2 aromatic carbocycles. The molecule has 1 saturated heterocycles. The van der Waals surface area contributed by atoms with Gasteiger partial charge in [-0.05, 0) is 64.1 Å². The highest BCUT2D eigenvalue weighted by Gasteiger charge is 2.43. The molecule has 1 aliphatic heterocycles. The molecule has 2 unspecified atom stereocenters. The Kier molecular flexibility index (Phi) is 11.9. The quantitative estimate of drug-likeness (QED) is 0.304. The van der Waals surface area contributed by atoms with E-state index in [0.717, 1.165) is 18.2 Å². The fraction of sp³-hybridized carbons (Fsp3) is 0.516. The maximum atomic E-state index is 13.7. The lowest BCUT2D eigenvalue weighted by atomic mass is 10.0.